The van der Waals surface area contributed by atoms with Crippen LogP contribution in [0.25, 0.3) is 10.9 Å². The van der Waals surface area contributed by atoms with Crippen LogP contribution >= 0.6 is 11.6 Å². The Morgan fingerprint density at radius 2 is 1.85 bits per heavy atom. The quantitative estimate of drug-likeness (QED) is 0.295. The lowest BCUT2D eigenvalue weighted by Gasteiger charge is -2.23. The smallest absolute Gasteiger partial charge is 0.248 e. The number of rotatable bonds is 10. The van der Waals surface area contributed by atoms with Crippen LogP contribution in [0.4, 0.5) is 4.39 Å². The highest BCUT2D eigenvalue weighted by atomic mass is 35.5. The number of halogens is 2. The molecule has 5 rings (SSSR count). The average Bonchev–Trinajstić information content (AvgIpc) is 3.77. The van der Waals surface area contributed by atoms with E-state index in [9.17, 15) is 24.0 Å². The van der Waals surface area contributed by atoms with E-state index in [4.69, 9.17) is 17.3 Å². The molecule has 0 radical (unpaired) electrons. The number of carbonyl (C=O) groups excluding carboxylic acids is 3. The molecule has 8 nitrogen and oxygen atoms in total. The molecule has 208 valence electrons. The van der Waals surface area contributed by atoms with Crippen LogP contribution in [-0.2, 0) is 29.1 Å². The Morgan fingerprint density at radius 1 is 1.10 bits per heavy atom. The molecule has 3 aromatic carbocycles. The molecular weight excluding hydrogens is 545 g/mol. The molecule has 1 heterocycles. The van der Waals surface area contributed by atoms with E-state index in [0.717, 1.165) is 18.4 Å². The summed E-state index contributed by atoms with van der Waals surface area (Å²) in [6, 6.07) is 21.1. The summed E-state index contributed by atoms with van der Waals surface area (Å²) in [6.45, 7) is -0.353. The zero-order valence-electron chi connectivity index (χ0n) is 22.1. The fourth-order valence-corrected chi connectivity index (χ4v) is 5.16. The lowest BCUT2D eigenvalue weighted by Crippen LogP contribution is -2.43. The summed E-state index contributed by atoms with van der Waals surface area (Å²) >= 11 is 5.84. The number of primary amides is 1. The van der Waals surface area contributed by atoms with Gasteiger partial charge in [-0.15, -0.1) is 0 Å². The predicted molar refractivity (Wildman–Crippen MR) is 152 cm³/mol. The number of benzene rings is 3. The van der Waals surface area contributed by atoms with Crippen molar-refractivity contribution in [2.45, 2.75) is 38.4 Å². The molecule has 1 saturated carbocycles. The molecular formula is C31H27ClFN5O3. The molecule has 0 spiro atoms. The molecule has 0 saturated heterocycles. The minimum atomic E-state index is -0.618. The van der Waals surface area contributed by atoms with Crippen LogP contribution in [0.2, 0.25) is 5.02 Å². The molecule has 3 N–H and O–H groups in total. The first kappa shape index (κ1) is 27.9. The number of hydrogen-bond acceptors (Lipinski definition) is 4. The zero-order valence-corrected chi connectivity index (χ0v) is 22.8. The standard InChI is InChI=1S/C31H27ClFN5O3/c32-25-8-4-7-21(30(25)33)16-36-28(39)17-37(22-10-11-22)29(40)18-38-26-12-9-20(31(35)41)14-23(26)24(15-34)27(38)13-19-5-2-1-3-6-19/h1-9,12,14,22H,10-11,13,16-18H2,(H2,35,41)(H,36,39). The van der Waals surface area contributed by atoms with Crippen molar-refractivity contribution in [3.8, 4) is 6.07 Å². The van der Waals surface area contributed by atoms with Gasteiger partial charge in [-0.05, 0) is 42.7 Å². The number of nitrogens with one attached hydrogen (secondary N) is 1. The maximum absolute atomic E-state index is 14.2. The fourth-order valence-electron chi connectivity index (χ4n) is 4.96. The molecule has 0 unspecified atom stereocenters. The van der Waals surface area contributed by atoms with Crippen molar-refractivity contribution in [2.24, 2.45) is 5.73 Å². The Labute approximate surface area is 241 Å². The van der Waals surface area contributed by atoms with Gasteiger partial charge in [0, 0.05) is 41.2 Å². The molecule has 0 atom stereocenters. The highest BCUT2D eigenvalue weighted by molar-refractivity contribution is 6.30. The number of hydrogen-bond donors (Lipinski definition) is 2. The van der Waals surface area contributed by atoms with E-state index in [1.165, 1.54) is 17.0 Å². The van der Waals surface area contributed by atoms with Crippen molar-refractivity contribution < 1.29 is 18.8 Å². The van der Waals surface area contributed by atoms with E-state index in [2.05, 4.69) is 11.4 Å². The number of carbonyl (C=O) groups is 3. The van der Waals surface area contributed by atoms with Gasteiger partial charge in [-0.1, -0.05) is 54.1 Å². The van der Waals surface area contributed by atoms with Gasteiger partial charge in [0.05, 0.1) is 22.6 Å². The number of fused-ring (bicyclic) bond motifs is 1. The summed E-state index contributed by atoms with van der Waals surface area (Å²) in [5.74, 6) is -1.92. The van der Waals surface area contributed by atoms with Gasteiger partial charge in [-0.2, -0.15) is 5.26 Å². The minimum Gasteiger partial charge on any atom is -0.366 e. The van der Waals surface area contributed by atoms with Gasteiger partial charge in [-0.3, -0.25) is 14.4 Å². The van der Waals surface area contributed by atoms with Crippen LogP contribution < -0.4 is 11.1 Å². The van der Waals surface area contributed by atoms with Crippen LogP contribution in [0, 0.1) is 17.1 Å². The monoisotopic (exact) mass is 571 g/mol. The summed E-state index contributed by atoms with van der Waals surface area (Å²) < 4.78 is 16.0. The van der Waals surface area contributed by atoms with Gasteiger partial charge in [0.1, 0.15) is 18.4 Å². The topological polar surface area (TPSA) is 121 Å². The van der Waals surface area contributed by atoms with Gasteiger partial charge in [0.25, 0.3) is 0 Å². The van der Waals surface area contributed by atoms with Crippen LogP contribution in [0.15, 0.2) is 66.7 Å². The molecule has 1 aromatic heterocycles. The van der Waals surface area contributed by atoms with E-state index in [0.29, 0.717) is 28.6 Å². The van der Waals surface area contributed by atoms with Crippen LogP contribution in [-0.4, -0.2) is 39.8 Å². The van der Waals surface area contributed by atoms with Crippen molar-refractivity contribution in [3.05, 3.63) is 106 Å². The molecule has 4 aromatic rings. The summed E-state index contributed by atoms with van der Waals surface area (Å²) in [5.41, 5.74) is 8.55. The molecule has 41 heavy (non-hydrogen) atoms. The number of amides is 3. The first-order chi connectivity index (χ1) is 19.8. The Kier molecular flexibility index (Phi) is 8.04. The first-order valence-corrected chi connectivity index (χ1v) is 13.5. The van der Waals surface area contributed by atoms with E-state index >= 15 is 0 Å². The van der Waals surface area contributed by atoms with Crippen LogP contribution in [0.5, 0.6) is 0 Å². The van der Waals surface area contributed by atoms with E-state index in [-0.39, 0.29) is 47.7 Å². The first-order valence-electron chi connectivity index (χ1n) is 13.1. The largest absolute Gasteiger partial charge is 0.366 e. The minimum absolute atomic E-state index is 0.0310. The highest BCUT2D eigenvalue weighted by Gasteiger charge is 2.34. The summed E-state index contributed by atoms with van der Waals surface area (Å²) in [6.07, 6.45) is 1.93. The third-order valence-corrected chi connectivity index (χ3v) is 7.50. The molecule has 0 bridgehead atoms. The molecule has 1 aliphatic carbocycles. The second-order valence-electron chi connectivity index (χ2n) is 10.0. The van der Waals surface area contributed by atoms with E-state index < -0.39 is 17.6 Å². The number of nitrogens with two attached hydrogens (primary N) is 1. The van der Waals surface area contributed by atoms with E-state index in [1.807, 2.05) is 30.3 Å². The van der Waals surface area contributed by atoms with Crippen molar-refractivity contribution >= 4 is 40.2 Å². The zero-order chi connectivity index (χ0) is 29.1. The Balaban J connectivity index is 1.42. The highest BCUT2D eigenvalue weighted by Crippen LogP contribution is 2.31. The van der Waals surface area contributed by atoms with Gasteiger partial charge >= 0.3 is 0 Å². The maximum atomic E-state index is 14.2. The van der Waals surface area contributed by atoms with Gasteiger partial charge in [0.2, 0.25) is 17.7 Å². The number of aromatic nitrogens is 1. The van der Waals surface area contributed by atoms with Crippen molar-refractivity contribution in [2.75, 3.05) is 6.54 Å². The lowest BCUT2D eigenvalue weighted by atomic mass is 10.0. The Morgan fingerprint density at radius 3 is 2.54 bits per heavy atom. The maximum Gasteiger partial charge on any atom is 0.248 e. The second-order valence-corrected chi connectivity index (χ2v) is 10.4. The molecule has 1 fully saturated rings. The molecule has 3 amide bonds. The van der Waals surface area contributed by atoms with Crippen molar-refractivity contribution in [3.63, 3.8) is 0 Å². The normalized spacial score (nSPS) is 12.6. The summed E-state index contributed by atoms with van der Waals surface area (Å²) in [4.78, 5) is 39.9. The SMILES string of the molecule is N#Cc1c(Cc2ccccc2)n(CC(=O)N(CC(=O)NCc2cccc(Cl)c2F)C2CC2)c2ccc(C(N)=O)cc12. The lowest BCUT2D eigenvalue weighted by molar-refractivity contribution is -0.137. The molecule has 1 aliphatic rings. The Hall–Kier alpha value is -4.68. The summed E-state index contributed by atoms with van der Waals surface area (Å²) in [5, 5.41) is 13.3. The fraction of sp³-hybridized carbons (Fsp3) is 0.226. The van der Waals surface area contributed by atoms with Crippen LogP contribution in [0.1, 0.15) is 45.6 Å². The summed E-state index contributed by atoms with van der Waals surface area (Å²) in [7, 11) is 0. The van der Waals surface area contributed by atoms with Gasteiger partial charge in [-0.25, -0.2) is 4.39 Å². The number of nitriles is 1. The average molecular weight is 572 g/mol. The van der Waals surface area contributed by atoms with Gasteiger partial charge < -0.3 is 20.5 Å². The molecule has 0 aliphatic heterocycles. The second kappa shape index (κ2) is 11.8. The molecule has 10 heteroatoms. The predicted octanol–water partition coefficient (Wildman–Crippen LogP) is 4.30. The third kappa shape index (κ3) is 6.08. The Bertz CT molecular complexity index is 1690. The number of nitrogens with zero attached hydrogens (tertiary/aromatic N) is 3. The van der Waals surface area contributed by atoms with Crippen molar-refractivity contribution in [1.29, 1.82) is 5.26 Å². The van der Waals surface area contributed by atoms with Crippen molar-refractivity contribution in [1.82, 2.24) is 14.8 Å². The van der Waals surface area contributed by atoms with E-state index in [1.54, 1.807) is 28.8 Å². The van der Waals surface area contributed by atoms with Crippen LogP contribution in [0.3, 0.4) is 0 Å². The van der Waals surface area contributed by atoms with Gasteiger partial charge in [0.15, 0.2) is 0 Å². The third-order valence-electron chi connectivity index (χ3n) is 7.20.